The van der Waals surface area contributed by atoms with Gasteiger partial charge in [0.1, 0.15) is 5.82 Å². The molecule has 2 atom stereocenters. The molecule has 1 aliphatic heterocycles. The molecule has 0 saturated heterocycles. The molecule has 2 rings (SSSR count). The lowest BCUT2D eigenvalue weighted by Gasteiger charge is -2.36. The van der Waals surface area contributed by atoms with Gasteiger partial charge in [-0.15, -0.1) is 0 Å². The van der Waals surface area contributed by atoms with Gasteiger partial charge in [0.2, 0.25) is 0 Å². The highest BCUT2D eigenvalue weighted by Crippen LogP contribution is 2.40. The first kappa shape index (κ1) is 14.6. The van der Waals surface area contributed by atoms with E-state index in [4.69, 9.17) is 5.73 Å². The number of nitrogens with two attached hydrogens (primary N) is 1. The standard InChI is InChI=1S/C13H14F4N2O/c1-7-4-3-5-8(10(7)14)12(2)6-9(13(15,16)17)20-11(18)19-12/h3-5,9H,6H2,1-2H3,(H2,18,19)/t9-,12-/m0/s1. The Bertz CT molecular complexity index is 556. The number of halogens is 4. The van der Waals surface area contributed by atoms with Crippen molar-refractivity contribution in [2.75, 3.05) is 0 Å². The van der Waals surface area contributed by atoms with Crippen LogP contribution >= 0.6 is 0 Å². The van der Waals surface area contributed by atoms with Crippen molar-refractivity contribution in [1.82, 2.24) is 0 Å². The van der Waals surface area contributed by atoms with Crippen molar-refractivity contribution >= 4 is 6.02 Å². The first-order valence-electron chi connectivity index (χ1n) is 5.98. The molecule has 0 spiro atoms. The second-order valence-corrected chi connectivity index (χ2v) is 5.01. The van der Waals surface area contributed by atoms with Crippen LogP contribution in [-0.4, -0.2) is 18.3 Å². The number of rotatable bonds is 1. The summed E-state index contributed by atoms with van der Waals surface area (Å²) in [6.07, 6.45) is -7.19. The fourth-order valence-corrected chi connectivity index (χ4v) is 2.28. The van der Waals surface area contributed by atoms with Gasteiger partial charge in [0, 0.05) is 12.0 Å². The highest BCUT2D eigenvalue weighted by Gasteiger charge is 2.50. The Kier molecular flexibility index (Phi) is 3.39. The van der Waals surface area contributed by atoms with E-state index in [-0.39, 0.29) is 5.56 Å². The molecular weight excluding hydrogens is 276 g/mol. The number of aryl methyl sites for hydroxylation is 1. The molecule has 0 saturated carbocycles. The zero-order valence-corrected chi connectivity index (χ0v) is 11.0. The molecule has 2 N–H and O–H groups in total. The molecule has 0 amide bonds. The van der Waals surface area contributed by atoms with Gasteiger partial charge in [-0.05, 0) is 19.4 Å². The zero-order valence-electron chi connectivity index (χ0n) is 11.0. The van der Waals surface area contributed by atoms with E-state index < -0.39 is 36.1 Å². The second-order valence-electron chi connectivity index (χ2n) is 5.01. The van der Waals surface area contributed by atoms with Crippen molar-refractivity contribution in [1.29, 1.82) is 0 Å². The van der Waals surface area contributed by atoms with E-state index in [1.165, 1.54) is 26.0 Å². The van der Waals surface area contributed by atoms with Crippen LogP contribution in [0.3, 0.4) is 0 Å². The van der Waals surface area contributed by atoms with Crippen molar-refractivity contribution in [3.05, 3.63) is 35.1 Å². The monoisotopic (exact) mass is 290 g/mol. The summed E-state index contributed by atoms with van der Waals surface area (Å²) >= 11 is 0. The predicted molar refractivity (Wildman–Crippen MR) is 65.7 cm³/mol. The van der Waals surface area contributed by atoms with Gasteiger partial charge in [0.25, 0.3) is 6.02 Å². The minimum Gasteiger partial charge on any atom is -0.452 e. The highest BCUT2D eigenvalue weighted by molar-refractivity contribution is 5.73. The maximum atomic E-state index is 14.1. The van der Waals surface area contributed by atoms with Crippen molar-refractivity contribution in [2.24, 2.45) is 10.7 Å². The van der Waals surface area contributed by atoms with E-state index in [0.29, 0.717) is 5.56 Å². The third-order valence-corrected chi connectivity index (χ3v) is 3.34. The molecular formula is C13H14F4N2O. The molecule has 0 bridgehead atoms. The minimum absolute atomic E-state index is 0.0815. The Labute approximate surface area is 113 Å². The van der Waals surface area contributed by atoms with Gasteiger partial charge in [-0.1, -0.05) is 18.2 Å². The summed E-state index contributed by atoms with van der Waals surface area (Å²) in [6.45, 7) is 2.95. The van der Waals surface area contributed by atoms with Crippen LogP contribution in [0.25, 0.3) is 0 Å². The molecule has 3 nitrogen and oxygen atoms in total. The van der Waals surface area contributed by atoms with E-state index in [2.05, 4.69) is 9.73 Å². The molecule has 1 heterocycles. The summed E-state index contributed by atoms with van der Waals surface area (Å²) < 4.78 is 57.1. The predicted octanol–water partition coefficient (Wildman–Crippen LogP) is 3.02. The summed E-state index contributed by atoms with van der Waals surface area (Å²) in [4.78, 5) is 3.88. The topological polar surface area (TPSA) is 47.6 Å². The van der Waals surface area contributed by atoms with Gasteiger partial charge >= 0.3 is 6.18 Å². The summed E-state index contributed by atoms with van der Waals surface area (Å²) in [7, 11) is 0. The maximum Gasteiger partial charge on any atom is 0.425 e. The fraction of sp³-hybridized carbons (Fsp3) is 0.462. The fourth-order valence-electron chi connectivity index (χ4n) is 2.28. The normalized spacial score (nSPS) is 26.9. The zero-order chi connectivity index (χ0) is 15.1. The van der Waals surface area contributed by atoms with E-state index in [9.17, 15) is 17.6 Å². The number of alkyl halides is 3. The minimum atomic E-state index is -4.58. The Morgan fingerprint density at radius 3 is 2.65 bits per heavy atom. The number of benzene rings is 1. The number of aliphatic imine (C=N–C) groups is 1. The van der Waals surface area contributed by atoms with Crippen LogP contribution < -0.4 is 5.73 Å². The summed E-state index contributed by atoms with van der Waals surface area (Å²) in [5.74, 6) is -0.575. The number of hydrogen-bond donors (Lipinski definition) is 1. The van der Waals surface area contributed by atoms with Crippen molar-refractivity contribution < 1.29 is 22.3 Å². The number of nitrogens with zero attached hydrogens (tertiary/aromatic N) is 1. The molecule has 20 heavy (non-hydrogen) atoms. The first-order chi connectivity index (χ1) is 9.13. The third-order valence-electron chi connectivity index (χ3n) is 3.34. The first-order valence-corrected chi connectivity index (χ1v) is 5.98. The molecule has 0 fully saturated rings. The molecule has 0 aliphatic carbocycles. The number of amidine groups is 1. The van der Waals surface area contributed by atoms with Crippen molar-refractivity contribution in [3.63, 3.8) is 0 Å². The SMILES string of the molecule is Cc1cccc([C@]2(C)C[C@@H](C(F)(F)F)OC(N)=N2)c1F. The van der Waals surface area contributed by atoms with Crippen LogP contribution in [0.5, 0.6) is 0 Å². The second kappa shape index (κ2) is 4.64. The Balaban J connectivity index is 2.48. The highest BCUT2D eigenvalue weighted by atomic mass is 19.4. The van der Waals surface area contributed by atoms with Gasteiger partial charge in [-0.25, -0.2) is 9.38 Å². The van der Waals surface area contributed by atoms with Crippen LogP contribution in [0.15, 0.2) is 23.2 Å². The summed E-state index contributed by atoms with van der Waals surface area (Å²) in [6, 6.07) is 3.94. The summed E-state index contributed by atoms with van der Waals surface area (Å²) in [5, 5.41) is 0. The lowest BCUT2D eigenvalue weighted by atomic mass is 9.85. The number of hydrogen-bond acceptors (Lipinski definition) is 3. The molecule has 7 heteroatoms. The van der Waals surface area contributed by atoms with Crippen molar-refractivity contribution in [3.8, 4) is 0 Å². The largest absolute Gasteiger partial charge is 0.452 e. The van der Waals surface area contributed by atoms with Crippen LogP contribution in [0, 0.1) is 12.7 Å². The smallest absolute Gasteiger partial charge is 0.425 e. The van der Waals surface area contributed by atoms with Crippen LogP contribution in [-0.2, 0) is 10.3 Å². The van der Waals surface area contributed by atoms with E-state index in [0.717, 1.165) is 0 Å². The third kappa shape index (κ3) is 2.57. The molecule has 1 aromatic rings. The Hall–Kier alpha value is -1.79. The average molecular weight is 290 g/mol. The molecule has 1 aromatic carbocycles. The van der Waals surface area contributed by atoms with Gasteiger partial charge in [-0.2, -0.15) is 13.2 Å². The number of ether oxygens (including phenoxy) is 1. The van der Waals surface area contributed by atoms with Crippen LogP contribution in [0.1, 0.15) is 24.5 Å². The van der Waals surface area contributed by atoms with E-state index in [1.807, 2.05) is 0 Å². The quantitative estimate of drug-likeness (QED) is 0.808. The van der Waals surface area contributed by atoms with Gasteiger partial charge in [-0.3, -0.25) is 0 Å². The van der Waals surface area contributed by atoms with Gasteiger partial charge in [0.15, 0.2) is 6.10 Å². The molecule has 0 aromatic heterocycles. The molecule has 110 valence electrons. The molecule has 0 unspecified atom stereocenters. The lowest BCUT2D eigenvalue weighted by molar-refractivity contribution is -0.208. The molecule has 1 aliphatic rings. The van der Waals surface area contributed by atoms with Gasteiger partial charge < -0.3 is 10.5 Å². The Morgan fingerprint density at radius 2 is 2.05 bits per heavy atom. The Morgan fingerprint density at radius 1 is 1.40 bits per heavy atom. The van der Waals surface area contributed by atoms with Crippen molar-refractivity contribution in [2.45, 2.75) is 38.1 Å². The van der Waals surface area contributed by atoms with Crippen LogP contribution in [0.2, 0.25) is 0 Å². The average Bonchev–Trinajstić information content (AvgIpc) is 2.30. The van der Waals surface area contributed by atoms with E-state index in [1.54, 1.807) is 6.07 Å². The molecule has 0 radical (unpaired) electrons. The van der Waals surface area contributed by atoms with Gasteiger partial charge in [0.05, 0.1) is 5.54 Å². The van der Waals surface area contributed by atoms with E-state index >= 15 is 0 Å². The summed E-state index contributed by atoms with van der Waals surface area (Å²) in [5.41, 5.74) is 4.35. The lowest BCUT2D eigenvalue weighted by Crippen LogP contribution is -2.46. The van der Waals surface area contributed by atoms with Crippen LogP contribution in [0.4, 0.5) is 17.6 Å². The maximum absolute atomic E-state index is 14.1.